The molecule has 1 amide bonds. The first-order chi connectivity index (χ1) is 15.6. The Hall–Kier alpha value is -2.35. The van der Waals surface area contributed by atoms with Crippen molar-refractivity contribution in [1.29, 1.82) is 0 Å². The van der Waals surface area contributed by atoms with Crippen molar-refractivity contribution >= 4 is 13.4 Å². The van der Waals surface area contributed by atoms with Crippen molar-refractivity contribution in [3.05, 3.63) is 54.1 Å². The summed E-state index contributed by atoms with van der Waals surface area (Å²) in [5.74, 6) is -0.537. The number of rotatable bonds is 6. The summed E-state index contributed by atoms with van der Waals surface area (Å²) in [6, 6.07) is 12.3. The van der Waals surface area contributed by atoms with E-state index in [2.05, 4.69) is 10.1 Å². The fourth-order valence-corrected chi connectivity index (χ4v) is 4.64. The van der Waals surface area contributed by atoms with Crippen molar-refractivity contribution in [2.24, 2.45) is 0 Å². The van der Waals surface area contributed by atoms with Gasteiger partial charge in [-0.25, -0.2) is 4.67 Å². The number of piperidine rings is 1. The Kier molecular flexibility index (Phi) is 9.52. The smallest absolute Gasteiger partial charge is 0.406 e. The van der Waals surface area contributed by atoms with Gasteiger partial charge in [0.05, 0.1) is 0 Å². The molecule has 33 heavy (non-hydrogen) atoms. The van der Waals surface area contributed by atoms with Crippen LogP contribution in [0.1, 0.15) is 37.0 Å². The quantitative estimate of drug-likeness (QED) is 0.512. The van der Waals surface area contributed by atoms with Gasteiger partial charge in [-0.2, -0.15) is 0 Å². The third-order valence-electron chi connectivity index (χ3n) is 5.21. The summed E-state index contributed by atoms with van der Waals surface area (Å²) in [7, 11) is -1.35. The zero-order chi connectivity index (χ0) is 24.6. The minimum absolute atomic E-state index is 0.0388. The molecule has 10 heteroatoms. The van der Waals surface area contributed by atoms with E-state index in [-0.39, 0.29) is 17.7 Å². The number of hydrogen-bond donors (Lipinski definition) is 1. The van der Waals surface area contributed by atoms with Crippen LogP contribution in [0.15, 0.2) is 48.5 Å². The molecule has 1 atom stereocenters. The third kappa shape index (κ3) is 7.88. The van der Waals surface area contributed by atoms with E-state index < -0.39 is 13.9 Å². The topological polar surface area (TPSA) is 67.9 Å². The zero-order valence-corrected chi connectivity index (χ0v) is 20.1. The summed E-state index contributed by atoms with van der Waals surface area (Å²) in [6.45, 7) is 6.72. The second-order valence-electron chi connectivity index (χ2n) is 7.34. The van der Waals surface area contributed by atoms with E-state index in [1.165, 1.54) is 31.4 Å². The lowest BCUT2D eigenvalue weighted by atomic mass is 10.0. The van der Waals surface area contributed by atoms with Crippen LogP contribution >= 0.6 is 7.52 Å². The molecule has 1 saturated heterocycles. The van der Waals surface area contributed by atoms with E-state index in [1.54, 1.807) is 30.9 Å². The van der Waals surface area contributed by atoms with Gasteiger partial charge in [0.25, 0.3) is 13.4 Å². The molecular formula is C23H30F3N2O4P. The van der Waals surface area contributed by atoms with E-state index >= 15 is 0 Å². The number of ether oxygens (including phenoxy) is 1. The van der Waals surface area contributed by atoms with Crippen LogP contribution < -0.4 is 10.1 Å². The maximum Gasteiger partial charge on any atom is 0.573 e. The van der Waals surface area contributed by atoms with Crippen LogP contribution in [0, 0.1) is 0 Å². The molecule has 0 saturated carbocycles. The molecule has 1 aliphatic rings. The lowest BCUT2D eigenvalue weighted by molar-refractivity contribution is -0.274. The van der Waals surface area contributed by atoms with Crippen LogP contribution in [0.5, 0.6) is 5.75 Å². The molecule has 1 heterocycles. The Labute approximate surface area is 192 Å². The minimum Gasteiger partial charge on any atom is -0.406 e. The van der Waals surface area contributed by atoms with Gasteiger partial charge in [0.15, 0.2) is 0 Å². The summed E-state index contributed by atoms with van der Waals surface area (Å²) in [5, 5.41) is 3.00. The normalized spacial score (nSPS) is 16.8. The predicted octanol–water partition coefficient (Wildman–Crippen LogP) is 5.94. The molecule has 0 bridgehead atoms. The highest BCUT2D eigenvalue weighted by Crippen LogP contribution is 2.47. The highest BCUT2D eigenvalue weighted by atomic mass is 31.2. The van der Waals surface area contributed by atoms with E-state index in [0.717, 1.165) is 0 Å². The van der Waals surface area contributed by atoms with E-state index in [9.17, 15) is 22.5 Å². The number of hydrogen-bond acceptors (Lipinski definition) is 4. The summed E-state index contributed by atoms with van der Waals surface area (Å²) in [6.07, 6.45) is -3.42. The van der Waals surface area contributed by atoms with Gasteiger partial charge in [0, 0.05) is 38.5 Å². The highest BCUT2D eigenvalue weighted by molar-refractivity contribution is 7.55. The molecule has 1 fully saturated rings. The van der Waals surface area contributed by atoms with Crippen molar-refractivity contribution in [3.8, 4) is 16.9 Å². The fourth-order valence-electron chi connectivity index (χ4n) is 3.45. The summed E-state index contributed by atoms with van der Waals surface area (Å²) < 4.78 is 60.0. The number of halogens is 3. The first-order valence-corrected chi connectivity index (χ1v) is 12.8. The molecule has 1 aliphatic heterocycles. The van der Waals surface area contributed by atoms with Crippen molar-refractivity contribution < 1.29 is 31.8 Å². The number of nitrogens with zero attached hydrogens (tertiary/aromatic N) is 1. The number of carbonyl (C=O) groups excluding carboxylic acids is 1. The van der Waals surface area contributed by atoms with Crippen LogP contribution in [-0.2, 0) is 9.09 Å². The average molecular weight is 486 g/mol. The maximum absolute atomic E-state index is 12.7. The number of amides is 1. The Bertz CT molecular complexity index is 959. The molecule has 0 radical (unpaired) electrons. The molecule has 2 aromatic rings. The second kappa shape index (κ2) is 11.7. The van der Waals surface area contributed by atoms with Gasteiger partial charge in [-0.1, -0.05) is 38.1 Å². The van der Waals surface area contributed by atoms with Gasteiger partial charge in [0.2, 0.25) is 0 Å². The van der Waals surface area contributed by atoms with Crippen molar-refractivity contribution in [2.45, 2.75) is 39.1 Å². The predicted molar refractivity (Wildman–Crippen MR) is 123 cm³/mol. The molecule has 0 aliphatic carbocycles. The Morgan fingerprint density at radius 1 is 1.06 bits per heavy atom. The lowest BCUT2D eigenvalue weighted by Gasteiger charge is -2.34. The molecule has 1 N–H and O–H groups in total. The van der Waals surface area contributed by atoms with E-state index in [0.29, 0.717) is 42.6 Å². The second-order valence-corrected chi connectivity index (χ2v) is 9.88. The molecular weight excluding hydrogens is 456 g/mol. The molecule has 2 aromatic carbocycles. The number of benzene rings is 2. The van der Waals surface area contributed by atoms with Crippen LogP contribution in [0.4, 0.5) is 13.2 Å². The van der Waals surface area contributed by atoms with Crippen LogP contribution in [0.2, 0.25) is 0 Å². The maximum atomic E-state index is 12.7. The van der Waals surface area contributed by atoms with Gasteiger partial charge < -0.3 is 14.6 Å². The van der Waals surface area contributed by atoms with Crippen LogP contribution in [-0.4, -0.2) is 49.8 Å². The minimum atomic E-state index is -4.74. The van der Waals surface area contributed by atoms with Crippen molar-refractivity contribution in [2.75, 3.05) is 26.9 Å². The van der Waals surface area contributed by atoms with Gasteiger partial charge in [0.1, 0.15) is 5.75 Å². The number of alkyl halides is 3. The first kappa shape index (κ1) is 26.9. The first-order valence-electron chi connectivity index (χ1n) is 10.7. The van der Waals surface area contributed by atoms with Gasteiger partial charge in [-0.15, -0.1) is 13.2 Å². The third-order valence-corrected chi connectivity index (χ3v) is 7.31. The monoisotopic (exact) mass is 486 g/mol. The molecule has 1 unspecified atom stereocenters. The number of carbonyl (C=O) groups is 1. The summed E-state index contributed by atoms with van der Waals surface area (Å²) in [5.41, 5.74) is 1.82. The highest BCUT2D eigenvalue weighted by Gasteiger charge is 2.31. The van der Waals surface area contributed by atoms with Crippen LogP contribution in [0.3, 0.4) is 0 Å². The van der Waals surface area contributed by atoms with Crippen molar-refractivity contribution in [3.63, 3.8) is 0 Å². The Morgan fingerprint density at radius 2 is 1.67 bits per heavy atom. The Balaban J connectivity index is 0.00000187. The molecule has 0 spiro atoms. The van der Waals surface area contributed by atoms with Gasteiger partial charge >= 0.3 is 6.36 Å². The molecule has 6 nitrogen and oxygen atoms in total. The summed E-state index contributed by atoms with van der Waals surface area (Å²) >= 11 is 0. The molecule has 3 rings (SSSR count). The lowest BCUT2D eigenvalue weighted by Crippen LogP contribution is -2.43. The fraction of sp³-hybridized carbons (Fsp3) is 0.435. The molecule has 182 valence electrons. The van der Waals surface area contributed by atoms with Gasteiger partial charge in [-0.05, 0) is 48.2 Å². The Morgan fingerprint density at radius 3 is 2.21 bits per heavy atom. The van der Waals surface area contributed by atoms with Crippen molar-refractivity contribution in [1.82, 2.24) is 9.99 Å². The SMILES string of the molecule is CC.COP(C)(=O)N1CCC(NC(=O)c2cccc(-c3ccc(OC(F)(F)F)cc3)c2)CC1. The van der Waals surface area contributed by atoms with Gasteiger partial charge in [-0.3, -0.25) is 9.36 Å². The number of nitrogens with one attached hydrogen (secondary N) is 1. The molecule has 0 aromatic heterocycles. The average Bonchev–Trinajstić information content (AvgIpc) is 2.80. The van der Waals surface area contributed by atoms with Crippen LogP contribution in [0.25, 0.3) is 11.1 Å². The zero-order valence-electron chi connectivity index (χ0n) is 19.2. The van der Waals surface area contributed by atoms with E-state index in [1.807, 2.05) is 18.5 Å². The van der Waals surface area contributed by atoms with E-state index in [4.69, 9.17) is 4.52 Å². The standard InChI is InChI=1S/C21H24F3N2O4P.C2H6/c1-29-31(2,28)26-12-10-18(11-13-26)25-20(27)17-5-3-4-16(14-17)15-6-8-19(9-7-15)30-21(22,23)24;1-2/h3-9,14,18H,10-13H2,1-2H3,(H,25,27);1-2H3. The largest absolute Gasteiger partial charge is 0.573 e. The summed E-state index contributed by atoms with van der Waals surface area (Å²) in [4.78, 5) is 12.7.